The van der Waals surface area contributed by atoms with E-state index in [1.54, 1.807) is 0 Å². The highest BCUT2D eigenvalue weighted by molar-refractivity contribution is 6.60. The zero-order valence-electron chi connectivity index (χ0n) is 14.3. The molecule has 0 bridgehead atoms. The van der Waals surface area contributed by atoms with E-state index in [2.05, 4.69) is 5.32 Å². The summed E-state index contributed by atoms with van der Waals surface area (Å²) in [7, 11) is 0. The Balaban J connectivity index is 2.25. The molecule has 0 heterocycles. The van der Waals surface area contributed by atoms with Gasteiger partial charge in [-0.2, -0.15) is 0 Å². The number of carbonyl (C=O) groups is 2. The Morgan fingerprint density at radius 3 is 2.50 bits per heavy atom. The van der Waals surface area contributed by atoms with Gasteiger partial charge in [-0.3, -0.25) is 9.59 Å². The fraction of sp³-hybridized carbons (Fsp3) is 0.294. The van der Waals surface area contributed by atoms with Gasteiger partial charge in [0, 0.05) is 13.5 Å². The third-order valence-corrected chi connectivity index (χ3v) is 4.07. The van der Waals surface area contributed by atoms with E-state index in [-0.39, 0.29) is 6.42 Å². The van der Waals surface area contributed by atoms with Crippen LogP contribution in [-0.2, 0) is 20.7 Å². The van der Waals surface area contributed by atoms with Crippen LogP contribution in [0.15, 0.2) is 42.5 Å². The number of carbonyl (C=O) groups excluding carboxylic acids is 1. The average molecular weight is 361 g/mol. The highest BCUT2D eigenvalue weighted by Crippen LogP contribution is 2.21. The van der Waals surface area contributed by atoms with Crippen LogP contribution in [0.1, 0.15) is 12.5 Å². The molecule has 1 amide bonds. The topological polar surface area (TPSA) is 142 Å². The first kappa shape index (κ1) is 19.9. The lowest BCUT2D eigenvalue weighted by Gasteiger charge is -2.38. The van der Waals surface area contributed by atoms with Crippen LogP contribution in [0.4, 0.5) is 0 Å². The number of fused-ring (bicyclic) bond motifs is 1. The zero-order chi connectivity index (χ0) is 19.3. The van der Waals surface area contributed by atoms with Crippen LogP contribution in [0.5, 0.6) is 0 Å². The van der Waals surface area contributed by atoms with E-state index >= 15 is 0 Å². The molecule has 0 aromatic heterocycles. The minimum absolute atomic E-state index is 0.0796. The van der Waals surface area contributed by atoms with Crippen molar-refractivity contribution in [1.82, 2.24) is 5.32 Å². The number of hydrogen-bond donors (Lipinski definition) is 5. The molecule has 8 nitrogen and oxygen atoms in total. The molecule has 0 radical (unpaired) electrons. The first-order valence-corrected chi connectivity index (χ1v) is 8.16. The second-order valence-corrected chi connectivity index (χ2v) is 6.19. The van der Waals surface area contributed by atoms with Crippen molar-refractivity contribution >= 4 is 29.4 Å². The minimum Gasteiger partial charge on any atom is -0.558 e. The number of rotatable bonds is 8. The average Bonchev–Trinajstić information content (AvgIpc) is 2.59. The summed E-state index contributed by atoms with van der Waals surface area (Å²) in [5, 5.41) is 33.8. The molecule has 0 saturated heterocycles. The molecule has 0 fully saturated rings. The Hall–Kier alpha value is -2.46. The van der Waals surface area contributed by atoms with Crippen LogP contribution >= 0.6 is 0 Å². The van der Waals surface area contributed by atoms with Crippen molar-refractivity contribution in [3.63, 3.8) is 0 Å². The predicted octanol–water partition coefficient (Wildman–Crippen LogP) is -0.222. The Morgan fingerprint density at radius 1 is 1.19 bits per heavy atom. The second kappa shape index (κ2) is 8.28. The molecule has 0 aliphatic heterocycles. The van der Waals surface area contributed by atoms with Gasteiger partial charge in [-0.05, 0) is 28.7 Å². The molecule has 0 spiro atoms. The molecule has 0 aliphatic carbocycles. The molecule has 26 heavy (non-hydrogen) atoms. The van der Waals surface area contributed by atoms with Gasteiger partial charge >= 0.3 is 12.7 Å². The Kier molecular flexibility index (Phi) is 6.33. The number of carboxylic acids is 1. The molecule has 2 unspecified atom stereocenters. The van der Waals surface area contributed by atoms with E-state index in [9.17, 15) is 19.6 Å². The van der Waals surface area contributed by atoms with Crippen LogP contribution in [-0.4, -0.2) is 52.4 Å². The summed E-state index contributed by atoms with van der Waals surface area (Å²) in [6.07, 6.45) is 0.0796. The van der Waals surface area contributed by atoms with Gasteiger partial charge in [0.15, 0.2) is 0 Å². The van der Waals surface area contributed by atoms with Crippen molar-refractivity contribution in [2.45, 2.75) is 25.3 Å². The van der Waals surface area contributed by atoms with Crippen LogP contribution in [0.25, 0.3) is 10.8 Å². The van der Waals surface area contributed by atoms with Crippen molar-refractivity contribution in [2.75, 3.05) is 6.61 Å². The maximum atomic E-state index is 11.5. The number of amides is 1. The third kappa shape index (κ3) is 5.02. The third-order valence-electron chi connectivity index (χ3n) is 4.07. The largest absolute Gasteiger partial charge is 0.558 e. The summed E-state index contributed by atoms with van der Waals surface area (Å²) in [5.41, 5.74) is 6.11. The summed E-state index contributed by atoms with van der Waals surface area (Å²) in [5.74, 6) is -2.98. The van der Waals surface area contributed by atoms with E-state index in [1.165, 1.54) is 6.92 Å². The van der Waals surface area contributed by atoms with E-state index in [4.69, 9.17) is 15.5 Å². The summed E-state index contributed by atoms with van der Waals surface area (Å²) >= 11 is 0. The highest BCUT2D eigenvalue weighted by Gasteiger charge is 2.34. The molecule has 140 valence electrons. The van der Waals surface area contributed by atoms with Gasteiger partial charge < -0.3 is 30.9 Å². The number of nitrogens with two attached hydrogens (primary N) is 1. The van der Waals surface area contributed by atoms with Crippen LogP contribution in [0.3, 0.4) is 0 Å². The van der Waals surface area contributed by atoms with Gasteiger partial charge in [0.25, 0.3) is 0 Å². The van der Waals surface area contributed by atoms with E-state index < -0.39 is 37.2 Å². The lowest BCUT2D eigenvalue weighted by Crippen LogP contribution is -2.61. The van der Waals surface area contributed by atoms with Crippen LogP contribution in [0, 0.1) is 0 Å². The number of nitrogens with one attached hydrogen (secondary N) is 1. The van der Waals surface area contributed by atoms with Crippen molar-refractivity contribution < 1.29 is 29.4 Å². The minimum atomic E-state index is -3.54. The normalized spacial score (nSPS) is 14.0. The number of carboxylic acid groups (broad SMARTS) is 1. The Labute approximate surface area is 150 Å². The molecule has 0 saturated carbocycles. The van der Waals surface area contributed by atoms with E-state index in [0.29, 0.717) is 0 Å². The van der Waals surface area contributed by atoms with Crippen molar-refractivity contribution in [2.24, 2.45) is 5.73 Å². The summed E-state index contributed by atoms with van der Waals surface area (Å²) in [6, 6.07) is 11.7. The number of benzene rings is 2. The fourth-order valence-electron chi connectivity index (χ4n) is 2.71. The molecule has 2 atom stereocenters. The first-order valence-electron chi connectivity index (χ1n) is 8.16. The van der Waals surface area contributed by atoms with E-state index in [0.717, 1.165) is 16.3 Å². The SMILES string of the molecule is CC(=O)NC(Cc1cccc2ccccc12)[B-](O)(O)OCC(N)C(=O)O. The second-order valence-electron chi connectivity index (χ2n) is 6.19. The fourth-order valence-corrected chi connectivity index (χ4v) is 2.71. The quantitative estimate of drug-likeness (QED) is 0.409. The maximum Gasteiger partial charge on any atom is 0.396 e. The Bertz CT molecular complexity index is 792. The van der Waals surface area contributed by atoms with Crippen LogP contribution in [0.2, 0.25) is 0 Å². The van der Waals surface area contributed by atoms with Gasteiger partial charge in [-0.1, -0.05) is 42.5 Å². The van der Waals surface area contributed by atoms with Gasteiger partial charge in [0.2, 0.25) is 5.91 Å². The molecule has 9 heteroatoms. The van der Waals surface area contributed by atoms with Gasteiger partial charge in [0.1, 0.15) is 6.04 Å². The lowest BCUT2D eigenvalue weighted by atomic mass is 9.66. The monoisotopic (exact) mass is 361 g/mol. The molecule has 6 N–H and O–H groups in total. The zero-order valence-corrected chi connectivity index (χ0v) is 14.3. The number of hydrogen-bond acceptors (Lipinski definition) is 6. The van der Waals surface area contributed by atoms with E-state index in [1.807, 2.05) is 42.5 Å². The predicted molar refractivity (Wildman–Crippen MR) is 97.0 cm³/mol. The van der Waals surface area contributed by atoms with Gasteiger partial charge in [-0.25, -0.2) is 0 Å². The maximum absolute atomic E-state index is 11.5. The van der Waals surface area contributed by atoms with Gasteiger partial charge in [-0.15, -0.1) is 0 Å². The van der Waals surface area contributed by atoms with Gasteiger partial charge in [0.05, 0.1) is 0 Å². The molecular weight excluding hydrogens is 339 g/mol. The molecule has 2 rings (SSSR count). The molecule has 2 aromatic carbocycles. The number of aliphatic carboxylic acids is 1. The standard InChI is InChI=1S/C17H22BN2O6/c1-11(21)20-16(18(24,25)26-10-15(19)17(22)23)9-13-7-4-6-12-5-2-3-8-14(12)13/h2-8,15-16,24-25H,9-10,19H2,1H3,(H,20,21)(H,22,23)/q-1. The smallest absolute Gasteiger partial charge is 0.396 e. The molecule has 0 aliphatic rings. The highest BCUT2D eigenvalue weighted by atomic mass is 16.6. The molecular formula is C17H22BN2O6-. The summed E-state index contributed by atoms with van der Waals surface area (Å²) < 4.78 is 4.95. The van der Waals surface area contributed by atoms with Crippen molar-refractivity contribution in [3.8, 4) is 0 Å². The first-order chi connectivity index (χ1) is 12.2. The molecule has 2 aromatic rings. The Morgan fingerprint density at radius 2 is 1.85 bits per heavy atom. The lowest BCUT2D eigenvalue weighted by molar-refractivity contribution is -0.139. The van der Waals surface area contributed by atoms with Crippen molar-refractivity contribution in [1.29, 1.82) is 0 Å². The summed E-state index contributed by atoms with van der Waals surface area (Å²) in [6.45, 7) is -2.90. The van der Waals surface area contributed by atoms with Crippen molar-refractivity contribution in [3.05, 3.63) is 48.0 Å². The summed E-state index contributed by atoms with van der Waals surface area (Å²) in [4.78, 5) is 22.3. The van der Waals surface area contributed by atoms with Crippen LogP contribution < -0.4 is 11.1 Å².